The number of benzene rings is 1. The highest BCUT2D eigenvalue weighted by Gasteiger charge is 2.16. The number of halogens is 2. The number of imidazole rings is 1. The number of nitrogens with one attached hydrogen (secondary N) is 2. The first-order valence-electron chi connectivity index (χ1n) is 4.45. The molecule has 1 heterocycles. The maximum Gasteiger partial charge on any atom is 0.279 e. The highest BCUT2D eigenvalue weighted by molar-refractivity contribution is 14.1. The van der Waals surface area contributed by atoms with Gasteiger partial charge in [0.15, 0.2) is 5.03 Å². The third kappa shape index (κ3) is 2.99. The van der Waals surface area contributed by atoms with E-state index in [1.165, 1.54) is 12.5 Å². The molecule has 0 saturated heterocycles. The van der Waals surface area contributed by atoms with Gasteiger partial charge in [0.25, 0.3) is 10.0 Å². The van der Waals surface area contributed by atoms with E-state index >= 15 is 0 Å². The maximum atomic E-state index is 11.9. The molecule has 0 aliphatic rings. The van der Waals surface area contributed by atoms with Crippen molar-refractivity contribution in [1.29, 1.82) is 0 Å². The van der Waals surface area contributed by atoms with E-state index in [0.29, 0.717) is 10.2 Å². The van der Waals surface area contributed by atoms with Crippen LogP contribution in [0.2, 0.25) is 0 Å². The quantitative estimate of drug-likeness (QED) is 0.739. The molecule has 8 heteroatoms. The van der Waals surface area contributed by atoms with Crippen molar-refractivity contribution < 1.29 is 8.42 Å². The molecule has 5 nitrogen and oxygen atoms in total. The van der Waals surface area contributed by atoms with Crippen LogP contribution in [0.4, 0.5) is 5.69 Å². The van der Waals surface area contributed by atoms with E-state index < -0.39 is 10.0 Å². The molecule has 0 bridgehead atoms. The van der Waals surface area contributed by atoms with Crippen LogP contribution in [0.1, 0.15) is 0 Å². The number of hydrogen-bond acceptors (Lipinski definition) is 3. The van der Waals surface area contributed by atoms with Crippen LogP contribution in [0.15, 0.2) is 40.2 Å². The minimum Gasteiger partial charge on any atom is -0.334 e. The molecule has 0 unspecified atom stereocenters. The van der Waals surface area contributed by atoms with Crippen LogP contribution in [0.3, 0.4) is 0 Å². The highest BCUT2D eigenvalue weighted by Crippen LogP contribution is 2.26. The summed E-state index contributed by atoms with van der Waals surface area (Å²) in [7, 11) is -3.61. The second kappa shape index (κ2) is 4.94. The molecule has 1 aromatic heterocycles. The summed E-state index contributed by atoms with van der Waals surface area (Å²) < 4.78 is 27.9. The molecule has 1 aromatic carbocycles. The van der Waals surface area contributed by atoms with Crippen LogP contribution in [-0.2, 0) is 10.0 Å². The van der Waals surface area contributed by atoms with Crippen molar-refractivity contribution in [2.24, 2.45) is 0 Å². The van der Waals surface area contributed by atoms with E-state index in [9.17, 15) is 8.42 Å². The van der Waals surface area contributed by atoms with Crippen molar-refractivity contribution in [3.8, 4) is 0 Å². The predicted molar refractivity (Wildman–Crippen MR) is 76.3 cm³/mol. The maximum absolute atomic E-state index is 11.9. The number of nitrogens with zero attached hydrogens (tertiary/aromatic N) is 1. The lowest BCUT2D eigenvalue weighted by molar-refractivity contribution is 0.598. The summed E-state index contributed by atoms with van der Waals surface area (Å²) in [5, 5.41) is 0.0308. The Kier molecular flexibility index (Phi) is 3.73. The van der Waals surface area contributed by atoms with Crippen LogP contribution in [0.25, 0.3) is 0 Å². The van der Waals surface area contributed by atoms with Gasteiger partial charge < -0.3 is 4.98 Å². The average molecular weight is 428 g/mol. The SMILES string of the molecule is O=S(=O)(Nc1cc(I)ccc1Br)c1cnc[nH]1. The summed E-state index contributed by atoms with van der Waals surface area (Å²) in [5.74, 6) is 0. The summed E-state index contributed by atoms with van der Waals surface area (Å²) in [6.07, 6.45) is 2.57. The Bertz CT molecular complexity index is 628. The van der Waals surface area contributed by atoms with Gasteiger partial charge in [-0.15, -0.1) is 0 Å². The number of aromatic amines is 1. The van der Waals surface area contributed by atoms with Gasteiger partial charge in [-0.1, -0.05) is 0 Å². The van der Waals surface area contributed by atoms with E-state index in [4.69, 9.17) is 0 Å². The second-order valence-corrected chi connectivity index (χ2v) is 6.90. The molecule has 2 rings (SSSR count). The van der Waals surface area contributed by atoms with Crippen molar-refractivity contribution in [2.75, 3.05) is 4.72 Å². The normalized spacial score (nSPS) is 11.4. The Hall–Kier alpha value is -0.610. The largest absolute Gasteiger partial charge is 0.334 e. The zero-order valence-electron chi connectivity index (χ0n) is 8.31. The first kappa shape index (κ1) is 12.8. The summed E-state index contributed by atoms with van der Waals surface area (Å²) in [6, 6.07) is 5.39. The van der Waals surface area contributed by atoms with Gasteiger partial charge in [-0.2, -0.15) is 8.42 Å². The summed E-state index contributed by atoms with van der Waals surface area (Å²) in [5.41, 5.74) is 0.492. The molecule has 0 radical (unpaired) electrons. The van der Waals surface area contributed by atoms with Crippen molar-refractivity contribution in [1.82, 2.24) is 9.97 Å². The fourth-order valence-corrected chi connectivity index (χ4v) is 3.11. The van der Waals surface area contributed by atoms with Gasteiger partial charge in [0.2, 0.25) is 0 Å². The monoisotopic (exact) mass is 427 g/mol. The van der Waals surface area contributed by atoms with E-state index in [1.807, 2.05) is 6.07 Å². The van der Waals surface area contributed by atoms with E-state index in [2.05, 4.69) is 53.2 Å². The molecule has 0 aliphatic carbocycles. The molecule has 0 amide bonds. The zero-order chi connectivity index (χ0) is 12.5. The number of aromatic nitrogens is 2. The van der Waals surface area contributed by atoms with Crippen LogP contribution in [-0.4, -0.2) is 18.4 Å². The summed E-state index contributed by atoms with van der Waals surface area (Å²) in [4.78, 5) is 6.24. The van der Waals surface area contributed by atoms with E-state index in [0.717, 1.165) is 3.57 Å². The van der Waals surface area contributed by atoms with Gasteiger partial charge in [-0.05, 0) is 56.7 Å². The lowest BCUT2D eigenvalue weighted by Gasteiger charge is -2.08. The third-order valence-electron chi connectivity index (χ3n) is 1.94. The molecular formula is C9H7BrIN3O2S. The molecule has 0 aliphatic heterocycles. The standard InChI is InChI=1S/C9H7BrIN3O2S/c10-7-2-1-6(11)3-8(7)14-17(15,16)9-4-12-5-13-9/h1-5,14H,(H,12,13). The molecule has 2 N–H and O–H groups in total. The van der Waals surface area contributed by atoms with Crippen molar-refractivity contribution >= 4 is 54.2 Å². The molecule has 17 heavy (non-hydrogen) atoms. The van der Waals surface area contributed by atoms with Crippen molar-refractivity contribution in [3.63, 3.8) is 0 Å². The number of H-pyrrole nitrogens is 1. The molecule has 90 valence electrons. The molecule has 0 saturated carbocycles. The smallest absolute Gasteiger partial charge is 0.279 e. The number of rotatable bonds is 3. The average Bonchev–Trinajstić information content (AvgIpc) is 2.77. The Labute approximate surface area is 120 Å². The minimum absolute atomic E-state index is 0.0308. The molecule has 0 atom stereocenters. The topological polar surface area (TPSA) is 74.8 Å². The second-order valence-electron chi connectivity index (χ2n) is 3.15. The van der Waals surface area contributed by atoms with Gasteiger partial charge in [0, 0.05) is 8.04 Å². The fourth-order valence-electron chi connectivity index (χ4n) is 1.17. The van der Waals surface area contributed by atoms with E-state index in [-0.39, 0.29) is 5.03 Å². The van der Waals surface area contributed by atoms with Crippen molar-refractivity contribution in [2.45, 2.75) is 5.03 Å². The highest BCUT2D eigenvalue weighted by atomic mass is 127. The third-order valence-corrected chi connectivity index (χ3v) is 4.59. The Morgan fingerprint density at radius 2 is 2.18 bits per heavy atom. The van der Waals surface area contributed by atoms with Crippen LogP contribution in [0, 0.1) is 3.57 Å². The Morgan fingerprint density at radius 3 is 2.82 bits per heavy atom. The first-order chi connectivity index (χ1) is 7.99. The van der Waals surface area contributed by atoms with Gasteiger partial charge >= 0.3 is 0 Å². The van der Waals surface area contributed by atoms with Gasteiger partial charge in [-0.3, -0.25) is 4.72 Å². The van der Waals surface area contributed by atoms with Crippen LogP contribution >= 0.6 is 38.5 Å². The lowest BCUT2D eigenvalue weighted by atomic mass is 10.3. The predicted octanol–water partition coefficient (Wildman–Crippen LogP) is 2.58. The number of sulfonamides is 1. The first-order valence-corrected chi connectivity index (χ1v) is 7.81. The number of hydrogen-bond donors (Lipinski definition) is 2. The fraction of sp³-hybridized carbons (Fsp3) is 0. The van der Waals surface area contributed by atoms with Crippen molar-refractivity contribution in [3.05, 3.63) is 38.8 Å². The summed E-state index contributed by atoms with van der Waals surface area (Å²) >= 11 is 5.40. The molecule has 0 spiro atoms. The van der Waals surface area contributed by atoms with Gasteiger partial charge in [-0.25, -0.2) is 4.98 Å². The lowest BCUT2D eigenvalue weighted by Crippen LogP contribution is -2.13. The van der Waals surface area contributed by atoms with Crippen LogP contribution in [0.5, 0.6) is 0 Å². The number of anilines is 1. The molecular weight excluding hydrogens is 421 g/mol. The summed E-state index contributed by atoms with van der Waals surface area (Å²) in [6.45, 7) is 0. The van der Waals surface area contributed by atoms with E-state index in [1.54, 1.807) is 12.1 Å². The Balaban J connectivity index is 2.36. The zero-order valence-corrected chi connectivity index (χ0v) is 12.9. The molecule has 2 aromatic rings. The minimum atomic E-state index is -3.61. The van der Waals surface area contributed by atoms with Gasteiger partial charge in [0.05, 0.1) is 18.2 Å². The molecule has 0 fully saturated rings. The Morgan fingerprint density at radius 1 is 1.41 bits per heavy atom. The van der Waals surface area contributed by atoms with Gasteiger partial charge in [0.1, 0.15) is 0 Å². The van der Waals surface area contributed by atoms with Crippen LogP contribution < -0.4 is 4.72 Å².